The quantitative estimate of drug-likeness (QED) is 0.551. The lowest BCUT2D eigenvalue weighted by Gasteiger charge is -2.39. The normalized spacial score (nSPS) is 22.1. The maximum Gasteiger partial charge on any atom is 0.410 e. The Morgan fingerprint density at radius 2 is 1.86 bits per heavy atom. The Morgan fingerprint density at radius 1 is 1.14 bits per heavy atom. The van der Waals surface area contributed by atoms with Gasteiger partial charge in [-0.2, -0.15) is 5.10 Å². The van der Waals surface area contributed by atoms with Gasteiger partial charge in [-0.15, -0.1) is 5.10 Å². The second-order valence-corrected chi connectivity index (χ2v) is 11.6. The predicted molar refractivity (Wildman–Crippen MR) is 129 cm³/mol. The maximum absolute atomic E-state index is 14.6. The average molecular weight is 502 g/mol. The lowest BCUT2D eigenvalue weighted by molar-refractivity contribution is 0.0418. The molecule has 0 saturated carbocycles. The zero-order valence-electron chi connectivity index (χ0n) is 19.8. The summed E-state index contributed by atoms with van der Waals surface area (Å²) in [5.41, 5.74) is 1.39. The Labute approximate surface area is 203 Å². The van der Waals surface area contributed by atoms with Gasteiger partial charge in [0.05, 0.1) is 28.6 Å². The van der Waals surface area contributed by atoms with Crippen LogP contribution < -0.4 is 5.32 Å². The van der Waals surface area contributed by atoms with Crippen molar-refractivity contribution in [1.29, 1.82) is 0 Å². The first kappa shape index (κ1) is 23.5. The summed E-state index contributed by atoms with van der Waals surface area (Å²) in [7, 11) is -3.50. The molecule has 1 amide bonds. The van der Waals surface area contributed by atoms with E-state index in [2.05, 4.69) is 20.1 Å². The number of nitrogens with one attached hydrogen (secondary N) is 1. The number of ether oxygens (including phenoxy) is 1. The van der Waals surface area contributed by atoms with E-state index >= 15 is 0 Å². The molecule has 0 unspecified atom stereocenters. The molecular formula is C24H28FN5O4S. The van der Waals surface area contributed by atoms with Crippen LogP contribution in [-0.4, -0.2) is 58.6 Å². The summed E-state index contributed by atoms with van der Waals surface area (Å²) in [6, 6.07) is 6.09. The summed E-state index contributed by atoms with van der Waals surface area (Å²) in [5, 5.41) is 12.3. The third-order valence-corrected chi connectivity index (χ3v) is 7.91. The number of amides is 1. The molecule has 35 heavy (non-hydrogen) atoms. The average Bonchev–Trinajstić information content (AvgIpc) is 3.33. The Bertz CT molecular complexity index is 1380. The minimum atomic E-state index is -3.50. The molecule has 5 rings (SSSR count). The van der Waals surface area contributed by atoms with Crippen molar-refractivity contribution in [3.05, 3.63) is 42.5 Å². The standard InChI is InChI=1S/C24H28FN5O4S/c1-14(2)34-24(31)30-15-4-5-16(30)11-17(10-15)29-9-8-19-22(13-26-28-23(19)29)27-21-7-6-18(12-20(21)25)35(3,32)33/h6-9,12-17H,4-5,10-11H2,1-3H3,(H,27,28)/t15-,16-/m0/s1. The van der Waals surface area contributed by atoms with Crippen LogP contribution in [-0.2, 0) is 14.6 Å². The zero-order valence-corrected chi connectivity index (χ0v) is 20.6. The molecule has 1 aromatic carbocycles. The highest BCUT2D eigenvalue weighted by atomic mass is 32.2. The molecule has 9 nitrogen and oxygen atoms in total. The Kier molecular flexibility index (Phi) is 5.90. The summed E-state index contributed by atoms with van der Waals surface area (Å²) in [4.78, 5) is 14.4. The molecule has 2 aromatic heterocycles. The second-order valence-electron chi connectivity index (χ2n) is 9.61. The Balaban J connectivity index is 1.39. The third-order valence-electron chi connectivity index (χ3n) is 6.80. The van der Waals surface area contributed by atoms with Crippen LogP contribution in [0.3, 0.4) is 0 Å². The van der Waals surface area contributed by atoms with Crippen LogP contribution in [0.15, 0.2) is 41.6 Å². The van der Waals surface area contributed by atoms with Crippen LogP contribution in [0.2, 0.25) is 0 Å². The largest absolute Gasteiger partial charge is 0.447 e. The predicted octanol–water partition coefficient (Wildman–Crippen LogP) is 4.43. The minimum Gasteiger partial charge on any atom is -0.447 e. The molecule has 3 aromatic rings. The van der Waals surface area contributed by atoms with Gasteiger partial charge < -0.3 is 19.5 Å². The molecular weight excluding hydrogens is 473 g/mol. The van der Waals surface area contributed by atoms with Gasteiger partial charge in [-0.05, 0) is 63.8 Å². The molecule has 2 atom stereocenters. The van der Waals surface area contributed by atoms with Crippen molar-refractivity contribution in [3.63, 3.8) is 0 Å². The number of carbonyl (C=O) groups is 1. The first-order valence-electron chi connectivity index (χ1n) is 11.7. The van der Waals surface area contributed by atoms with Gasteiger partial charge >= 0.3 is 6.09 Å². The van der Waals surface area contributed by atoms with Crippen molar-refractivity contribution >= 4 is 38.3 Å². The summed E-state index contributed by atoms with van der Waals surface area (Å²) in [5.74, 6) is -0.672. The molecule has 2 saturated heterocycles. The summed E-state index contributed by atoms with van der Waals surface area (Å²) in [6.07, 6.45) is 7.63. The molecule has 0 radical (unpaired) electrons. The molecule has 1 N–H and O–H groups in total. The van der Waals surface area contributed by atoms with Crippen molar-refractivity contribution < 1.29 is 22.3 Å². The maximum atomic E-state index is 14.6. The molecule has 2 aliphatic heterocycles. The van der Waals surface area contributed by atoms with E-state index in [0.29, 0.717) is 11.3 Å². The molecule has 2 fully saturated rings. The van der Waals surface area contributed by atoms with Crippen LogP contribution in [0, 0.1) is 5.82 Å². The second kappa shape index (κ2) is 8.78. The smallest absolute Gasteiger partial charge is 0.410 e. The lowest BCUT2D eigenvalue weighted by Crippen LogP contribution is -2.47. The van der Waals surface area contributed by atoms with E-state index < -0.39 is 15.7 Å². The number of fused-ring (bicyclic) bond motifs is 3. The SMILES string of the molecule is CC(C)OC(=O)N1[C@H]2CC[C@H]1CC(n1ccc3c(Nc4ccc(S(C)(=O)=O)cc4F)cnnc31)C2. The first-order valence-corrected chi connectivity index (χ1v) is 13.6. The van der Waals surface area contributed by atoms with Gasteiger partial charge in [0.15, 0.2) is 15.5 Å². The number of aromatic nitrogens is 3. The summed E-state index contributed by atoms with van der Waals surface area (Å²) in [6.45, 7) is 3.71. The highest BCUT2D eigenvalue weighted by molar-refractivity contribution is 7.90. The molecule has 4 heterocycles. The van der Waals surface area contributed by atoms with Crippen molar-refractivity contribution in [2.24, 2.45) is 0 Å². The van der Waals surface area contributed by atoms with Gasteiger partial charge in [0.1, 0.15) is 5.82 Å². The van der Waals surface area contributed by atoms with Crippen molar-refractivity contribution in [1.82, 2.24) is 19.7 Å². The van der Waals surface area contributed by atoms with Gasteiger partial charge in [0.2, 0.25) is 0 Å². The van der Waals surface area contributed by atoms with E-state index in [4.69, 9.17) is 4.74 Å². The lowest BCUT2D eigenvalue weighted by atomic mass is 9.97. The fourth-order valence-corrected chi connectivity index (χ4v) is 5.90. The van der Waals surface area contributed by atoms with Crippen LogP contribution in [0.1, 0.15) is 45.6 Å². The van der Waals surface area contributed by atoms with Crippen LogP contribution >= 0.6 is 0 Å². The molecule has 11 heteroatoms. The van der Waals surface area contributed by atoms with E-state index in [1.54, 1.807) is 0 Å². The topological polar surface area (TPSA) is 106 Å². The van der Waals surface area contributed by atoms with Gasteiger partial charge in [0, 0.05) is 36.0 Å². The van der Waals surface area contributed by atoms with Crippen LogP contribution in [0.4, 0.5) is 20.6 Å². The van der Waals surface area contributed by atoms with Gasteiger partial charge in [-0.3, -0.25) is 0 Å². The number of sulfone groups is 1. The fraction of sp³-hybridized carbons (Fsp3) is 0.458. The summed E-state index contributed by atoms with van der Waals surface area (Å²) >= 11 is 0. The number of benzene rings is 1. The fourth-order valence-electron chi connectivity index (χ4n) is 5.27. The molecule has 0 aliphatic carbocycles. The van der Waals surface area contributed by atoms with Gasteiger partial charge in [0.25, 0.3) is 0 Å². The minimum absolute atomic E-state index is 0.0806. The van der Waals surface area contributed by atoms with E-state index in [0.717, 1.165) is 43.4 Å². The van der Waals surface area contributed by atoms with Crippen LogP contribution in [0.5, 0.6) is 0 Å². The Morgan fingerprint density at radius 3 is 2.49 bits per heavy atom. The number of nitrogens with zero attached hydrogens (tertiary/aromatic N) is 4. The van der Waals surface area contributed by atoms with Gasteiger partial charge in [-0.1, -0.05) is 0 Å². The summed E-state index contributed by atoms with van der Waals surface area (Å²) < 4.78 is 45.6. The van der Waals surface area contributed by atoms with Gasteiger partial charge in [-0.25, -0.2) is 17.6 Å². The molecule has 186 valence electrons. The van der Waals surface area contributed by atoms with Crippen molar-refractivity contribution in [3.8, 4) is 0 Å². The van der Waals surface area contributed by atoms with E-state index in [1.807, 2.05) is 31.0 Å². The number of halogens is 1. The first-order chi connectivity index (χ1) is 16.6. The molecule has 0 spiro atoms. The monoisotopic (exact) mass is 501 g/mol. The van der Waals surface area contributed by atoms with Crippen molar-refractivity contribution in [2.75, 3.05) is 11.6 Å². The number of piperidine rings is 1. The number of hydrogen-bond acceptors (Lipinski definition) is 7. The number of hydrogen-bond donors (Lipinski definition) is 1. The van der Waals surface area contributed by atoms with Crippen molar-refractivity contribution in [2.45, 2.75) is 68.7 Å². The van der Waals surface area contributed by atoms with E-state index in [-0.39, 0.29) is 40.9 Å². The third kappa shape index (κ3) is 4.44. The molecule has 2 aliphatic rings. The highest BCUT2D eigenvalue weighted by Gasteiger charge is 2.45. The zero-order chi connectivity index (χ0) is 24.9. The number of rotatable bonds is 5. The molecule has 2 bridgehead atoms. The van der Waals surface area contributed by atoms with Crippen LogP contribution in [0.25, 0.3) is 11.0 Å². The Hall–Kier alpha value is -3.21. The number of anilines is 2. The van der Waals surface area contributed by atoms with E-state index in [1.165, 1.54) is 18.3 Å². The highest BCUT2D eigenvalue weighted by Crippen LogP contribution is 2.42. The number of carbonyl (C=O) groups excluding carboxylic acids is 1. The van der Waals surface area contributed by atoms with E-state index in [9.17, 15) is 17.6 Å².